The van der Waals surface area contributed by atoms with E-state index in [0.717, 1.165) is 11.3 Å². The highest BCUT2D eigenvalue weighted by Crippen LogP contribution is 2.26. The number of rotatable bonds is 5. The summed E-state index contributed by atoms with van der Waals surface area (Å²) < 4.78 is 31.6. The van der Waals surface area contributed by atoms with E-state index in [-0.39, 0.29) is 15.5 Å². The zero-order valence-corrected chi connectivity index (χ0v) is 12.0. The van der Waals surface area contributed by atoms with Gasteiger partial charge in [-0.15, -0.1) is 11.3 Å². The Morgan fingerprint density at radius 1 is 1.35 bits per heavy atom. The van der Waals surface area contributed by atoms with E-state index in [1.165, 1.54) is 31.4 Å². The minimum Gasteiger partial charge on any atom is -0.497 e. The number of carboxylic acids is 1. The Bertz CT molecular complexity index is 722. The second-order valence-corrected chi connectivity index (χ2v) is 6.61. The molecule has 0 amide bonds. The number of thiophene rings is 1. The van der Waals surface area contributed by atoms with Crippen LogP contribution >= 0.6 is 11.3 Å². The van der Waals surface area contributed by atoms with Crippen LogP contribution < -0.4 is 9.46 Å². The molecule has 0 unspecified atom stereocenters. The maximum Gasteiger partial charge on any atom is 0.337 e. The summed E-state index contributed by atoms with van der Waals surface area (Å²) in [6.45, 7) is 0. The number of sulfonamides is 1. The molecule has 20 heavy (non-hydrogen) atoms. The van der Waals surface area contributed by atoms with Gasteiger partial charge in [-0.3, -0.25) is 4.72 Å². The number of benzene rings is 1. The van der Waals surface area contributed by atoms with Crippen LogP contribution in [0.5, 0.6) is 5.75 Å². The lowest BCUT2D eigenvalue weighted by atomic mass is 10.2. The van der Waals surface area contributed by atoms with E-state index in [9.17, 15) is 13.2 Å². The van der Waals surface area contributed by atoms with E-state index in [0.29, 0.717) is 5.75 Å². The minimum absolute atomic E-state index is 0.0368. The third kappa shape index (κ3) is 2.91. The van der Waals surface area contributed by atoms with Crippen molar-refractivity contribution < 1.29 is 23.1 Å². The summed E-state index contributed by atoms with van der Waals surface area (Å²) in [6, 6.07) is 7.10. The predicted octanol–water partition coefficient (Wildman–Crippen LogP) is 2.26. The lowest BCUT2D eigenvalue weighted by Crippen LogP contribution is -2.14. The number of carbonyl (C=O) groups is 1. The molecule has 2 N–H and O–H groups in total. The van der Waals surface area contributed by atoms with Gasteiger partial charge in [0.1, 0.15) is 9.96 Å². The number of aromatic carboxylic acids is 1. The molecule has 0 aliphatic rings. The van der Waals surface area contributed by atoms with Crippen molar-refractivity contribution in [3.63, 3.8) is 0 Å². The van der Waals surface area contributed by atoms with Crippen molar-refractivity contribution in [1.82, 2.24) is 0 Å². The second kappa shape index (κ2) is 5.51. The maximum atomic E-state index is 12.1. The molecule has 0 saturated carbocycles. The van der Waals surface area contributed by atoms with Crippen molar-refractivity contribution in [3.8, 4) is 5.75 Å². The molecule has 1 aromatic carbocycles. The van der Waals surface area contributed by atoms with Crippen LogP contribution in [0.3, 0.4) is 0 Å². The molecule has 1 aromatic heterocycles. The quantitative estimate of drug-likeness (QED) is 0.883. The summed E-state index contributed by atoms with van der Waals surface area (Å²) in [6.07, 6.45) is 0. The van der Waals surface area contributed by atoms with Gasteiger partial charge in [-0.05, 0) is 23.6 Å². The highest BCUT2D eigenvalue weighted by atomic mass is 32.2. The second-order valence-electron chi connectivity index (χ2n) is 3.75. The molecule has 6 nitrogen and oxygen atoms in total. The first-order chi connectivity index (χ1) is 9.44. The standard InChI is InChI=1S/C12H11NO5S2/c1-18-8-4-5-9(12(14)15)10(7-8)13-20(16,17)11-3-2-6-19-11/h2-7,13H,1H3,(H,14,15). The monoisotopic (exact) mass is 313 g/mol. The average molecular weight is 313 g/mol. The van der Waals surface area contributed by atoms with Crippen molar-refractivity contribution in [3.05, 3.63) is 41.3 Å². The first kappa shape index (κ1) is 14.4. The Balaban J connectivity index is 2.44. The number of carboxylic acid groups (broad SMARTS) is 1. The Kier molecular flexibility index (Phi) is 3.96. The fourth-order valence-corrected chi connectivity index (χ4v) is 3.60. The molecule has 0 aliphatic heterocycles. The molecule has 0 spiro atoms. The van der Waals surface area contributed by atoms with Crippen molar-refractivity contribution in [2.45, 2.75) is 4.21 Å². The van der Waals surface area contributed by atoms with Crippen LogP contribution in [-0.4, -0.2) is 26.6 Å². The third-order valence-corrected chi connectivity index (χ3v) is 5.22. The largest absolute Gasteiger partial charge is 0.497 e. The highest BCUT2D eigenvalue weighted by Gasteiger charge is 2.19. The molecule has 0 radical (unpaired) electrons. The Hall–Kier alpha value is -2.06. The van der Waals surface area contributed by atoms with Gasteiger partial charge in [-0.2, -0.15) is 0 Å². The first-order valence-corrected chi connectivity index (χ1v) is 7.78. The van der Waals surface area contributed by atoms with Crippen molar-refractivity contribution in [2.75, 3.05) is 11.8 Å². The molecule has 0 saturated heterocycles. The normalized spacial score (nSPS) is 11.1. The van der Waals surface area contributed by atoms with Crippen molar-refractivity contribution in [1.29, 1.82) is 0 Å². The van der Waals surface area contributed by atoms with Gasteiger partial charge in [0.05, 0.1) is 18.4 Å². The number of anilines is 1. The number of hydrogen-bond donors (Lipinski definition) is 2. The predicted molar refractivity (Wildman–Crippen MR) is 75.1 cm³/mol. The van der Waals surface area contributed by atoms with Gasteiger partial charge in [-0.25, -0.2) is 13.2 Å². The molecule has 2 aromatic rings. The molecule has 1 heterocycles. The molecule has 0 bridgehead atoms. The first-order valence-electron chi connectivity index (χ1n) is 5.41. The summed E-state index contributed by atoms with van der Waals surface area (Å²) >= 11 is 1.04. The zero-order valence-electron chi connectivity index (χ0n) is 10.4. The highest BCUT2D eigenvalue weighted by molar-refractivity contribution is 7.94. The molecular weight excluding hydrogens is 302 g/mol. The Morgan fingerprint density at radius 3 is 2.65 bits per heavy atom. The molecular formula is C12H11NO5S2. The molecule has 0 aliphatic carbocycles. The number of hydrogen-bond acceptors (Lipinski definition) is 5. The van der Waals surface area contributed by atoms with Crippen molar-refractivity contribution in [2.24, 2.45) is 0 Å². The molecule has 2 rings (SSSR count). The van der Waals surface area contributed by atoms with E-state index >= 15 is 0 Å². The lowest BCUT2D eigenvalue weighted by molar-refractivity contribution is 0.0698. The van der Waals surface area contributed by atoms with Gasteiger partial charge >= 0.3 is 5.97 Å². The fraction of sp³-hybridized carbons (Fsp3) is 0.0833. The van der Waals surface area contributed by atoms with Gasteiger partial charge < -0.3 is 9.84 Å². The van der Waals surface area contributed by atoms with Crippen LogP contribution in [0.2, 0.25) is 0 Å². The maximum absolute atomic E-state index is 12.1. The van der Waals surface area contributed by atoms with Gasteiger partial charge in [0, 0.05) is 6.07 Å². The summed E-state index contributed by atoms with van der Waals surface area (Å²) in [7, 11) is -2.39. The Labute approximate surface area is 119 Å². The number of ether oxygens (including phenoxy) is 1. The van der Waals surface area contributed by atoms with E-state index in [4.69, 9.17) is 9.84 Å². The fourth-order valence-electron chi connectivity index (χ4n) is 1.53. The van der Waals surface area contributed by atoms with Crippen molar-refractivity contribution >= 4 is 33.0 Å². The van der Waals surface area contributed by atoms with Gasteiger partial charge in [0.2, 0.25) is 0 Å². The minimum atomic E-state index is -3.80. The van der Waals surface area contributed by atoms with Crippen LogP contribution in [-0.2, 0) is 10.0 Å². The average Bonchev–Trinajstić information content (AvgIpc) is 2.92. The molecule has 0 atom stereocenters. The van der Waals surface area contributed by atoms with Gasteiger partial charge in [0.15, 0.2) is 0 Å². The zero-order chi connectivity index (χ0) is 14.8. The van der Waals surface area contributed by atoms with Gasteiger partial charge in [-0.1, -0.05) is 6.07 Å². The van der Waals surface area contributed by atoms with E-state index in [1.54, 1.807) is 11.4 Å². The summed E-state index contributed by atoms with van der Waals surface area (Å²) in [5.41, 5.74) is -0.184. The van der Waals surface area contributed by atoms with Crippen LogP contribution in [0, 0.1) is 0 Å². The summed E-state index contributed by atoms with van der Waals surface area (Å²) in [5, 5.41) is 10.7. The molecule has 8 heteroatoms. The van der Waals surface area contributed by atoms with E-state index in [2.05, 4.69) is 4.72 Å². The topological polar surface area (TPSA) is 92.7 Å². The van der Waals surface area contributed by atoms with Gasteiger partial charge in [0.25, 0.3) is 10.0 Å². The lowest BCUT2D eigenvalue weighted by Gasteiger charge is -2.10. The molecule has 106 valence electrons. The van der Waals surface area contributed by atoms with Crippen LogP contribution in [0.15, 0.2) is 39.9 Å². The smallest absolute Gasteiger partial charge is 0.337 e. The van der Waals surface area contributed by atoms with Crippen LogP contribution in [0.4, 0.5) is 5.69 Å². The van der Waals surface area contributed by atoms with E-state index in [1.807, 2.05) is 0 Å². The van der Waals surface area contributed by atoms with E-state index < -0.39 is 16.0 Å². The van der Waals surface area contributed by atoms with Crippen LogP contribution in [0.25, 0.3) is 0 Å². The van der Waals surface area contributed by atoms with Crippen LogP contribution in [0.1, 0.15) is 10.4 Å². The Morgan fingerprint density at radius 2 is 2.10 bits per heavy atom. The molecule has 0 fully saturated rings. The summed E-state index contributed by atoms with van der Waals surface area (Å²) in [4.78, 5) is 11.1. The number of methoxy groups -OCH3 is 1. The summed E-state index contributed by atoms with van der Waals surface area (Å²) in [5.74, 6) is -0.865. The SMILES string of the molecule is COc1ccc(C(=O)O)c(NS(=O)(=O)c2cccs2)c1. The third-order valence-electron chi connectivity index (χ3n) is 2.46. The number of nitrogens with one attached hydrogen (secondary N) is 1.